The van der Waals surface area contributed by atoms with Gasteiger partial charge in [-0.1, -0.05) is 18.2 Å². The summed E-state index contributed by atoms with van der Waals surface area (Å²) >= 11 is 0. The molecule has 4 N–H and O–H groups in total. The molecule has 0 saturated carbocycles. The van der Waals surface area contributed by atoms with E-state index in [1.165, 1.54) is 19.2 Å². The fourth-order valence-electron chi connectivity index (χ4n) is 2.52. The Morgan fingerprint density at radius 3 is 2.56 bits per heavy atom. The molecule has 0 atom stereocenters. The molecule has 6 heteroatoms. The number of anilines is 1. The normalized spacial score (nSPS) is 11.4. The van der Waals surface area contributed by atoms with Gasteiger partial charge in [0.1, 0.15) is 5.82 Å². The third-order valence-electron chi connectivity index (χ3n) is 3.84. The zero-order chi connectivity index (χ0) is 18.6. The highest BCUT2D eigenvalue weighted by Crippen LogP contribution is 2.26. The van der Waals surface area contributed by atoms with E-state index < -0.39 is 5.60 Å². The van der Waals surface area contributed by atoms with E-state index >= 15 is 0 Å². The minimum atomic E-state index is -1.08. The summed E-state index contributed by atoms with van der Waals surface area (Å²) in [7, 11) is 1.50. The van der Waals surface area contributed by atoms with Gasteiger partial charge in [0.2, 0.25) is 0 Å². The van der Waals surface area contributed by atoms with Crippen LogP contribution in [0.1, 0.15) is 40.9 Å². The molecule has 0 aliphatic carbocycles. The number of ether oxygens (including phenoxy) is 1. The van der Waals surface area contributed by atoms with Gasteiger partial charge in [0, 0.05) is 36.0 Å². The van der Waals surface area contributed by atoms with Gasteiger partial charge in [-0.2, -0.15) is 0 Å². The van der Waals surface area contributed by atoms with Crippen molar-refractivity contribution < 1.29 is 19.0 Å². The van der Waals surface area contributed by atoms with Crippen molar-refractivity contribution >= 4 is 11.6 Å². The standard InChI is InChI=1S/C19H23FN2O3/c1-19(2,24)15-7-6-13(9-17(15)21)18(23)22-10-12-4-5-14(11-25-3)16(20)8-12/h4-9,24H,10-11,21H2,1-3H3,(H,22,23). The van der Waals surface area contributed by atoms with Crippen molar-refractivity contribution in [3.05, 3.63) is 64.5 Å². The molecule has 0 heterocycles. The van der Waals surface area contributed by atoms with Crippen LogP contribution in [0.3, 0.4) is 0 Å². The second-order valence-electron chi connectivity index (χ2n) is 6.40. The summed E-state index contributed by atoms with van der Waals surface area (Å²) in [5.74, 6) is -0.692. The van der Waals surface area contributed by atoms with Gasteiger partial charge in [-0.15, -0.1) is 0 Å². The predicted molar refractivity (Wildman–Crippen MR) is 94.4 cm³/mol. The Hall–Kier alpha value is -2.44. The van der Waals surface area contributed by atoms with E-state index in [4.69, 9.17) is 10.5 Å². The Morgan fingerprint density at radius 1 is 1.28 bits per heavy atom. The second-order valence-corrected chi connectivity index (χ2v) is 6.40. The molecular formula is C19H23FN2O3. The summed E-state index contributed by atoms with van der Waals surface area (Å²) in [6, 6.07) is 9.50. The highest BCUT2D eigenvalue weighted by atomic mass is 19.1. The van der Waals surface area contributed by atoms with Crippen LogP contribution in [0.15, 0.2) is 36.4 Å². The van der Waals surface area contributed by atoms with Gasteiger partial charge in [0.05, 0.1) is 12.2 Å². The molecule has 5 nitrogen and oxygen atoms in total. The van der Waals surface area contributed by atoms with Crippen LogP contribution in [0, 0.1) is 5.82 Å². The lowest BCUT2D eigenvalue weighted by Gasteiger charge is -2.20. The number of carbonyl (C=O) groups is 1. The molecule has 0 unspecified atom stereocenters. The van der Waals surface area contributed by atoms with E-state index in [-0.39, 0.29) is 24.9 Å². The Bertz CT molecular complexity index is 770. The Morgan fingerprint density at radius 2 is 2.00 bits per heavy atom. The number of methoxy groups -OCH3 is 1. The lowest BCUT2D eigenvalue weighted by molar-refractivity contribution is 0.0792. The summed E-state index contributed by atoms with van der Waals surface area (Å²) in [4.78, 5) is 12.2. The van der Waals surface area contributed by atoms with E-state index in [1.807, 2.05) is 0 Å². The number of hydrogen-bond acceptors (Lipinski definition) is 4. The van der Waals surface area contributed by atoms with Crippen molar-refractivity contribution in [2.75, 3.05) is 12.8 Å². The van der Waals surface area contributed by atoms with Crippen LogP contribution in [-0.2, 0) is 23.5 Å². The molecule has 0 radical (unpaired) electrons. The number of halogens is 1. The minimum absolute atomic E-state index is 0.191. The zero-order valence-corrected chi connectivity index (χ0v) is 14.6. The number of nitrogens with two attached hydrogens (primary N) is 1. The smallest absolute Gasteiger partial charge is 0.251 e. The number of benzene rings is 2. The Balaban J connectivity index is 2.05. The third-order valence-corrected chi connectivity index (χ3v) is 3.84. The van der Waals surface area contributed by atoms with Crippen molar-refractivity contribution in [1.82, 2.24) is 5.32 Å². The van der Waals surface area contributed by atoms with Gasteiger partial charge >= 0.3 is 0 Å². The number of rotatable bonds is 6. The van der Waals surface area contributed by atoms with E-state index in [2.05, 4.69) is 5.32 Å². The lowest BCUT2D eigenvalue weighted by atomic mass is 9.95. The summed E-state index contributed by atoms with van der Waals surface area (Å²) in [6.45, 7) is 3.64. The van der Waals surface area contributed by atoms with Gasteiger partial charge in [0.15, 0.2) is 0 Å². The molecule has 0 aliphatic heterocycles. The first kappa shape index (κ1) is 18.9. The quantitative estimate of drug-likeness (QED) is 0.702. The SMILES string of the molecule is COCc1ccc(CNC(=O)c2ccc(C(C)(C)O)c(N)c2)cc1F. The second kappa shape index (κ2) is 7.63. The average Bonchev–Trinajstić information content (AvgIpc) is 2.53. The minimum Gasteiger partial charge on any atom is -0.398 e. The summed E-state index contributed by atoms with van der Waals surface area (Å²) in [5.41, 5.74) is 7.22. The number of carbonyl (C=O) groups excluding carboxylic acids is 1. The first-order chi connectivity index (χ1) is 11.7. The van der Waals surface area contributed by atoms with Gasteiger partial charge in [0.25, 0.3) is 5.91 Å². The molecule has 2 aromatic carbocycles. The van der Waals surface area contributed by atoms with Gasteiger partial charge in [-0.3, -0.25) is 4.79 Å². The molecule has 2 rings (SSSR count). The van der Waals surface area contributed by atoms with Crippen molar-refractivity contribution in [1.29, 1.82) is 0 Å². The first-order valence-electron chi connectivity index (χ1n) is 7.89. The molecule has 0 saturated heterocycles. The molecule has 0 bridgehead atoms. The molecule has 134 valence electrons. The van der Waals surface area contributed by atoms with Crippen LogP contribution in [0.5, 0.6) is 0 Å². The first-order valence-corrected chi connectivity index (χ1v) is 7.89. The zero-order valence-electron chi connectivity index (χ0n) is 14.6. The van der Waals surface area contributed by atoms with Gasteiger partial charge in [-0.05, 0) is 37.6 Å². The molecule has 0 aliphatic rings. The van der Waals surface area contributed by atoms with Crippen molar-refractivity contribution in [3.8, 4) is 0 Å². The molecular weight excluding hydrogens is 323 g/mol. The van der Waals surface area contributed by atoms with E-state index in [0.29, 0.717) is 27.9 Å². The van der Waals surface area contributed by atoms with E-state index in [9.17, 15) is 14.3 Å². The van der Waals surface area contributed by atoms with Crippen LogP contribution in [0.4, 0.5) is 10.1 Å². The van der Waals surface area contributed by atoms with Gasteiger partial charge in [-0.25, -0.2) is 4.39 Å². The molecule has 0 spiro atoms. The molecule has 25 heavy (non-hydrogen) atoms. The summed E-state index contributed by atoms with van der Waals surface area (Å²) in [5, 5.41) is 12.7. The Labute approximate surface area is 146 Å². The number of nitrogen functional groups attached to an aromatic ring is 1. The van der Waals surface area contributed by atoms with Crippen LogP contribution in [0.2, 0.25) is 0 Å². The van der Waals surface area contributed by atoms with E-state index in [1.54, 1.807) is 38.1 Å². The van der Waals surface area contributed by atoms with Crippen molar-refractivity contribution in [3.63, 3.8) is 0 Å². The summed E-state index contributed by atoms with van der Waals surface area (Å²) < 4.78 is 18.8. The van der Waals surface area contributed by atoms with Crippen molar-refractivity contribution in [2.24, 2.45) is 0 Å². The van der Waals surface area contributed by atoms with Gasteiger partial charge < -0.3 is 20.9 Å². The lowest BCUT2D eigenvalue weighted by Crippen LogP contribution is -2.24. The van der Waals surface area contributed by atoms with Crippen LogP contribution in [0.25, 0.3) is 0 Å². The fourth-order valence-corrected chi connectivity index (χ4v) is 2.52. The topological polar surface area (TPSA) is 84.6 Å². The number of aliphatic hydroxyl groups is 1. The molecule has 0 fully saturated rings. The molecule has 1 amide bonds. The number of amides is 1. The maximum absolute atomic E-state index is 13.9. The van der Waals surface area contributed by atoms with E-state index in [0.717, 1.165) is 0 Å². The highest BCUT2D eigenvalue weighted by molar-refractivity contribution is 5.95. The van der Waals surface area contributed by atoms with Crippen LogP contribution < -0.4 is 11.1 Å². The average molecular weight is 346 g/mol. The molecule has 2 aromatic rings. The molecule has 0 aromatic heterocycles. The number of hydrogen-bond donors (Lipinski definition) is 3. The monoisotopic (exact) mass is 346 g/mol. The maximum Gasteiger partial charge on any atom is 0.251 e. The third kappa shape index (κ3) is 4.78. The highest BCUT2D eigenvalue weighted by Gasteiger charge is 2.20. The predicted octanol–water partition coefficient (Wildman–Crippen LogP) is 2.71. The van der Waals surface area contributed by atoms with Crippen molar-refractivity contribution in [2.45, 2.75) is 32.6 Å². The maximum atomic E-state index is 13.9. The van der Waals surface area contributed by atoms with Crippen LogP contribution >= 0.6 is 0 Å². The largest absolute Gasteiger partial charge is 0.398 e. The van der Waals surface area contributed by atoms with Crippen LogP contribution in [-0.4, -0.2) is 18.1 Å². The number of nitrogens with one attached hydrogen (secondary N) is 1. The Kier molecular flexibility index (Phi) is 5.77. The fraction of sp³-hybridized carbons (Fsp3) is 0.316. The summed E-state index contributed by atoms with van der Waals surface area (Å²) in [6.07, 6.45) is 0.